The highest BCUT2D eigenvalue weighted by Crippen LogP contribution is 2.40. The number of fused-ring (bicyclic) bond motifs is 1. The Morgan fingerprint density at radius 2 is 2.29 bits per heavy atom. The first-order chi connectivity index (χ1) is 9.90. The Kier molecular flexibility index (Phi) is 4.97. The van der Waals surface area contributed by atoms with Crippen LogP contribution in [0.1, 0.15) is 6.92 Å². The SMILES string of the molecule is C/C(Cl)=C\Cn1c(O)c(N=NC(N)=S)c2cc(Br)ccc21. The third-order valence-corrected chi connectivity index (χ3v) is 3.50. The highest BCUT2D eigenvalue weighted by Gasteiger charge is 2.16. The number of thiocarbonyl (C=S) groups is 1. The largest absolute Gasteiger partial charge is 0.493 e. The lowest BCUT2D eigenvalue weighted by atomic mass is 10.2. The van der Waals surface area contributed by atoms with E-state index in [-0.39, 0.29) is 11.0 Å². The van der Waals surface area contributed by atoms with E-state index in [0.29, 0.717) is 17.3 Å². The molecule has 0 unspecified atom stereocenters. The van der Waals surface area contributed by atoms with Crippen LogP contribution in [0.3, 0.4) is 0 Å². The van der Waals surface area contributed by atoms with E-state index in [1.165, 1.54) is 0 Å². The lowest BCUT2D eigenvalue weighted by molar-refractivity contribution is 0.431. The van der Waals surface area contributed by atoms with E-state index in [1.54, 1.807) is 17.6 Å². The zero-order valence-corrected chi connectivity index (χ0v) is 14.2. The van der Waals surface area contributed by atoms with Crippen LogP contribution in [0, 0.1) is 0 Å². The Balaban J connectivity index is 2.66. The van der Waals surface area contributed by atoms with Crippen LogP contribution in [0.25, 0.3) is 10.9 Å². The molecule has 0 saturated heterocycles. The van der Waals surface area contributed by atoms with Crippen molar-refractivity contribution in [1.82, 2.24) is 4.57 Å². The zero-order chi connectivity index (χ0) is 15.6. The van der Waals surface area contributed by atoms with Crippen molar-refractivity contribution in [2.45, 2.75) is 13.5 Å². The highest BCUT2D eigenvalue weighted by molar-refractivity contribution is 9.10. The van der Waals surface area contributed by atoms with E-state index in [2.05, 4.69) is 38.4 Å². The predicted octanol–water partition coefficient (Wildman–Crippen LogP) is 4.58. The van der Waals surface area contributed by atoms with Gasteiger partial charge in [-0.25, -0.2) is 0 Å². The summed E-state index contributed by atoms with van der Waals surface area (Å²) in [6.07, 6.45) is 1.79. The Bertz CT molecular complexity index is 765. The molecule has 2 rings (SSSR count). The van der Waals surface area contributed by atoms with Gasteiger partial charge in [-0.05, 0) is 37.3 Å². The van der Waals surface area contributed by atoms with Gasteiger partial charge in [-0.1, -0.05) is 33.6 Å². The van der Waals surface area contributed by atoms with Crippen LogP contribution >= 0.6 is 39.7 Å². The Morgan fingerprint density at radius 1 is 1.57 bits per heavy atom. The molecule has 0 bridgehead atoms. The highest BCUT2D eigenvalue weighted by atomic mass is 79.9. The minimum Gasteiger partial charge on any atom is -0.493 e. The van der Waals surface area contributed by atoms with E-state index < -0.39 is 0 Å². The summed E-state index contributed by atoms with van der Waals surface area (Å²) in [6.45, 7) is 2.19. The molecule has 0 fully saturated rings. The molecule has 5 nitrogen and oxygen atoms in total. The third-order valence-electron chi connectivity index (χ3n) is 2.78. The van der Waals surface area contributed by atoms with Crippen LogP contribution in [-0.2, 0) is 6.54 Å². The molecule has 1 aromatic carbocycles. The number of azo groups is 1. The van der Waals surface area contributed by atoms with Gasteiger partial charge in [-0.15, -0.1) is 10.2 Å². The molecular formula is C13H12BrClN4OS. The van der Waals surface area contributed by atoms with Crippen LogP contribution in [0.2, 0.25) is 0 Å². The summed E-state index contributed by atoms with van der Waals surface area (Å²) < 4.78 is 2.55. The van der Waals surface area contributed by atoms with Crippen LogP contribution in [0.4, 0.5) is 5.69 Å². The molecule has 0 aliphatic heterocycles. The molecule has 21 heavy (non-hydrogen) atoms. The van der Waals surface area contributed by atoms with E-state index in [4.69, 9.17) is 17.3 Å². The lowest BCUT2D eigenvalue weighted by Crippen LogP contribution is -2.01. The maximum absolute atomic E-state index is 10.4. The number of nitrogens with two attached hydrogens (primary N) is 1. The van der Waals surface area contributed by atoms with Crippen molar-refractivity contribution in [3.63, 3.8) is 0 Å². The van der Waals surface area contributed by atoms with Crippen molar-refractivity contribution in [1.29, 1.82) is 0 Å². The zero-order valence-electron chi connectivity index (χ0n) is 11.0. The Labute approximate surface area is 140 Å². The fourth-order valence-corrected chi connectivity index (χ4v) is 2.37. The molecule has 1 heterocycles. The van der Waals surface area contributed by atoms with Gasteiger partial charge < -0.3 is 15.4 Å². The maximum Gasteiger partial charge on any atom is 0.221 e. The molecule has 8 heteroatoms. The van der Waals surface area contributed by atoms with E-state index in [1.807, 2.05) is 18.2 Å². The number of nitrogens with zero attached hydrogens (tertiary/aromatic N) is 3. The van der Waals surface area contributed by atoms with Crippen molar-refractivity contribution < 1.29 is 5.11 Å². The average molecular weight is 388 g/mol. The number of benzene rings is 1. The molecule has 3 N–H and O–H groups in total. The minimum absolute atomic E-state index is 0.0164. The van der Waals surface area contributed by atoms with Crippen LogP contribution < -0.4 is 5.73 Å². The van der Waals surface area contributed by atoms with E-state index in [0.717, 1.165) is 15.4 Å². The Morgan fingerprint density at radius 3 is 2.90 bits per heavy atom. The smallest absolute Gasteiger partial charge is 0.221 e. The number of hydrogen-bond acceptors (Lipinski definition) is 3. The predicted molar refractivity (Wildman–Crippen MR) is 92.2 cm³/mol. The van der Waals surface area contributed by atoms with Crippen LogP contribution in [0.15, 0.2) is 44.0 Å². The molecule has 0 saturated carbocycles. The van der Waals surface area contributed by atoms with Gasteiger partial charge in [-0.2, -0.15) is 0 Å². The van der Waals surface area contributed by atoms with Crippen molar-refractivity contribution in [2.24, 2.45) is 16.0 Å². The van der Waals surface area contributed by atoms with Crippen LogP contribution in [0.5, 0.6) is 5.88 Å². The van der Waals surface area contributed by atoms with Crippen molar-refractivity contribution in [3.05, 3.63) is 33.8 Å². The van der Waals surface area contributed by atoms with Gasteiger partial charge in [0.05, 0.1) is 5.52 Å². The van der Waals surface area contributed by atoms with Gasteiger partial charge in [0.2, 0.25) is 11.0 Å². The average Bonchev–Trinajstić information content (AvgIpc) is 2.65. The van der Waals surface area contributed by atoms with Gasteiger partial charge in [-0.3, -0.25) is 0 Å². The van der Waals surface area contributed by atoms with Gasteiger partial charge >= 0.3 is 0 Å². The summed E-state index contributed by atoms with van der Waals surface area (Å²) in [5, 5.41) is 19.2. The van der Waals surface area contributed by atoms with Crippen molar-refractivity contribution in [2.75, 3.05) is 0 Å². The number of rotatable bonds is 3. The van der Waals surface area contributed by atoms with Gasteiger partial charge in [0.15, 0.2) is 5.69 Å². The van der Waals surface area contributed by atoms with Crippen molar-refractivity contribution in [3.8, 4) is 5.88 Å². The molecular weight excluding hydrogens is 376 g/mol. The first-order valence-electron chi connectivity index (χ1n) is 5.94. The second-order valence-corrected chi connectivity index (χ2v) is 6.20. The van der Waals surface area contributed by atoms with E-state index >= 15 is 0 Å². The number of aromatic hydroxyl groups is 1. The summed E-state index contributed by atoms with van der Waals surface area (Å²) in [5.74, 6) is -0.0164. The maximum atomic E-state index is 10.4. The molecule has 1 aromatic heterocycles. The normalized spacial score (nSPS) is 12.4. The molecule has 110 valence electrons. The molecule has 0 aliphatic carbocycles. The number of allylic oxidation sites excluding steroid dienone is 2. The van der Waals surface area contributed by atoms with E-state index in [9.17, 15) is 5.11 Å². The second kappa shape index (κ2) is 6.55. The quantitative estimate of drug-likeness (QED) is 0.598. The second-order valence-electron chi connectivity index (χ2n) is 4.27. The Hall–Kier alpha value is -1.44. The standard InChI is InChI=1S/C13H12BrClN4OS/c1-7(15)4-5-19-10-3-2-8(14)6-9(10)11(12(19)20)17-18-13(16)21/h2-4,6,20H,5H2,1H3,(H2,16,21)/b7-4+,18-17?. The molecule has 0 radical (unpaired) electrons. The number of aromatic nitrogens is 1. The van der Waals surface area contributed by atoms with Gasteiger partial charge in [0, 0.05) is 21.4 Å². The molecule has 0 aliphatic rings. The molecule has 0 spiro atoms. The number of halogens is 2. The lowest BCUT2D eigenvalue weighted by Gasteiger charge is -2.03. The van der Waals surface area contributed by atoms with Crippen molar-refractivity contribution >= 4 is 61.5 Å². The topological polar surface area (TPSA) is 75.9 Å². The fourth-order valence-electron chi connectivity index (χ4n) is 1.90. The van der Waals surface area contributed by atoms with Gasteiger partial charge in [0.1, 0.15) is 0 Å². The van der Waals surface area contributed by atoms with Gasteiger partial charge in [0.25, 0.3) is 0 Å². The summed E-state index contributed by atoms with van der Waals surface area (Å²) in [4.78, 5) is 0. The molecule has 2 aromatic rings. The molecule has 0 atom stereocenters. The minimum atomic E-state index is -0.0956. The first kappa shape index (κ1) is 15.9. The number of hydrogen-bond donors (Lipinski definition) is 2. The van der Waals surface area contributed by atoms with Crippen LogP contribution in [-0.4, -0.2) is 14.8 Å². The summed E-state index contributed by atoms with van der Waals surface area (Å²) in [6, 6.07) is 5.59. The third kappa shape index (κ3) is 3.61. The summed E-state index contributed by atoms with van der Waals surface area (Å²) >= 11 is 13.9. The summed E-state index contributed by atoms with van der Waals surface area (Å²) in [5.41, 5.74) is 6.44. The monoisotopic (exact) mass is 386 g/mol. The fraction of sp³-hybridized carbons (Fsp3) is 0.154. The first-order valence-corrected chi connectivity index (χ1v) is 7.52. The molecule has 0 amide bonds. The summed E-state index contributed by atoms with van der Waals surface area (Å²) in [7, 11) is 0.